The summed E-state index contributed by atoms with van der Waals surface area (Å²) < 4.78 is 79.2. The van der Waals surface area contributed by atoms with Crippen molar-refractivity contribution in [3.05, 3.63) is 53.3 Å². The summed E-state index contributed by atoms with van der Waals surface area (Å²) in [7, 11) is 0. The maximum Gasteiger partial charge on any atom is 0.417 e. The summed E-state index contributed by atoms with van der Waals surface area (Å²) in [4.78, 5) is 7.27. The van der Waals surface area contributed by atoms with Gasteiger partial charge >= 0.3 is 12.4 Å². The fourth-order valence-electron chi connectivity index (χ4n) is 3.89. The second-order valence-corrected chi connectivity index (χ2v) is 7.30. The summed E-state index contributed by atoms with van der Waals surface area (Å²) >= 11 is 0. The van der Waals surface area contributed by atoms with E-state index in [1.807, 2.05) is 0 Å². The minimum Gasteiger partial charge on any atom is -0.368 e. The van der Waals surface area contributed by atoms with Crippen molar-refractivity contribution in [3.63, 3.8) is 0 Å². The molecule has 4 nitrogen and oxygen atoms in total. The molecule has 1 saturated heterocycles. The van der Waals surface area contributed by atoms with Crippen molar-refractivity contribution >= 4 is 11.4 Å². The van der Waals surface area contributed by atoms with Crippen LogP contribution in [0.3, 0.4) is 0 Å². The van der Waals surface area contributed by atoms with Crippen LogP contribution in [-0.4, -0.2) is 30.7 Å². The molecule has 0 unspecified atom stereocenters. The van der Waals surface area contributed by atoms with Crippen molar-refractivity contribution < 1.29 is 26.3 Å². The second kappa shape index (κ2) is 8.65. The van der Waals surface area contributed by atoms with Crippen molar-refractivity contribution in [2.75, 3.05) is 29.4 Å². The fraction of sp³-hybridized carbons (Fsp3) is 0.429. The first kappa shape index (κ1) is 22.7. The Morgan fingerprint density at radius 2 is 1.87 bits per heavy atom. The van der Waals surface area contributed by atoms with Crippen molar-refractivity contribution in [3.8, 4) is 6.07 Å². The number of rotatable bonds is 4. The molecule has 0 bridgehead atoms. The Balaban J connectivity index is 1.88. The Hall–Kier alpha value is -2.96. The summed E-state index contributed by atoms with van der Waals surface area (Å²) in [6, 6.07) is 5.99. The monoisotopic (exact) mass is 442 g/mol. The second-order valence-electron chi connectivity index (χ2n) is 7.30. The number of nitrogens with zero attached hydrogens (tertiary/aromatic N) is 4. The number of nitriles is 1. The Kier molecular flexibility index (Phi) is 6.34. The minimum atomic E-state index is -4.66. The Labute approximate surface area is 175 Å². The molecule has 0 radical (unpaired) electrons. The third-order valence-corrected chi connectivity index (χ3v) is 5.35. The molecule has 1 aromatic heterocycles. The summed E-state index contributed by atoms with van der Waals surface area (Å²) in [6.45, 7) is 3.08. The number of halogens is 6. The van der Waals surface area contributed by atoms with Gasteiger partial charge in [0.05, 0.1) is 34.6 Å². The summed E-state index contributed by atoms with van der Waals surface area (Å²) in [5, 5.41) is 9.00. The van der Waals surface area contributed by atoms with Gasteiger partial charge < -0.3 is 9.80 Å². The molecule has 10 heteroatoms. The molecule has 3 rings (SSSR count). The maximum atomic E-state index is 13.4. The van der Waals surface area contributed by atoms with Gasteiger partial charge in [-0.2, -0.15) is 31.6 Å². The van der Waals surface area contributed by atoms with Crippen LogP contribution in [0, 0.1) is 11.3 Å². The molecule has 1 aliphatic rings. The lowest BCUT2D eigenvalue weighted by atomic mass is 10.0. The van der Waals surface area contributed by atoms with Gasteiger partial charge in [-0.3, -0.25) is 4.98 Å². The number of hydrogen-bond donors (Lipinski definition) is 0. The van der Waals surface area contributed by atoms with Gasteiger partial charge in [-0.1, -0.05) is 0 Å². The maximum absolute atomic E-state index is 13.4. The number of benzene rings is 1. The molecule has 1 aliphatic heterocycles. The van der Waals surface area contributed by atoms with E-state index in [0.29, 0.717) is 43.9 Å². The van der Waals surface area contributed by atoms with Crippen LogP contribution >= 0.6 is 0 Å². The first-order chi connectivity index (χ1) is 14.5. The molecule has 1 atom stereocenters. The molecular formula is C21H20F6N4. The minimum absolute atomic E-state index is 0.206. The summed E-state index contributed by atoms with van der Waals surface area (Å²) in [5.74, 6) is 0. The van der Waals surface area contributed by atoms with E-state index in [1.54, 1.807) is 22.8 Å². The van der Waals surface area contributed by atoms with Gasteiger partial charge in [0.2, 0.25) is 0 Å². The summed E-state index contributed by atoms with van der Waals surface area (Å²) in [6.07, 6.45) is -5.71. The van der Waals surface area contributed by atoms with E-state index >= 15 is 0 Å². The predicted molar refractivity (Wildman–Crippen MR) is 104 cm³/mol. The predicted octanol–water partition coefficient (Wildman–Crippen LogP) is 5.49. The zero-order chi connectivity index (χ0) is 22.8. The molecule has 1 fully saturated rings. The smallest absolute Gasteiger partial charge is 0.368 e. The van der Waals surface area contributed by atoms with E-state index < -0.39 is 29.0 Å². The molecule has 1 aromatic carbocycles. The average molecular weight is 442 g/mol. The normalized spacial score (nSPS) is 17.4. The Bertz CT molecular complexity index is 964. The SMILES string of the molecule is CCN(c1ccc(C#N)c(C(F)(F)F)c1)[C@H]1CCCN(c2cncc(C(F)(F)F)c2)C1. The van der Waals surface area contributed by atoms with Gasteiger partial charge in [-0.15, -0.1) is 0 Å². The number of anilines is 2. The molecule has 0 spiro atoms. The van der Waals surface area contributed by atoms with Gasteiger partial charge in [-0.05, 0) is 44.0 Å². The van der Waals surface area contributed by atoms with Gasteiger partial charge in [0, 0.05) is 37.6 Å². The molecule has 0 amide bonds. The van der Waals surface area contributed by atoms with E-state index in [9.17, 15) is 26.3 Å². The van der Waals surface area contributed by atoms with E-state index in [4.69, 9.17) is 5.26 Å². The highest BCUT2D eigenvalue weighted by Crippen LogP contribution is 2.36. The summed E-state index contributed by atoms with van der Waals surface area (Å²) in [5.41, 5.74) is -1.65. The zero-order valence-electron chi connectivity index (χ0n) is 16.6. The highest BCUT2D eigenvalue weighted by Gasteiger charge is 2.35. The standard InChI is InChI=1S/C21H20F6N4/c1-2-31(16-6-5-14(10-28)19(9-16)21(25,26)27)17-4-3-7-30(13-17)18-8-15(11-29-12-18)20(22,23)24/h5-6,8-9,11-12,17H,2-4,7,13H2,1H3/t17-/m0/s1. The third kappa shape index (κ3) is 5.03. The van der Waals surface area contributed by atoms with Crippen LogP contribution < -0.4 is 9.80 Å². The van der Waals surface area contributed by atoms with Crippen molar-refractivity contribution in [1.82, 2.24) is 4.98 Å². The van der Waals surface area contributed by atoms with Crippen molar-refractivity contribution in [1.29, 1.82) is 5.26 Å². The highest BCUT2D eigenvalue weighted by molar-refractivity contribution is 5.56. The first-order valence-electron chi connectivity index (χ1n) is 9.69. The van der Waals surface area contributed by atoms with Crippen LogP contribution in [0.4, 0.5) is 37.7 Å². The van der Waals surface area contributed by atoms with E-state index in [1.165, 1.54) is 12.3 Å². The molecule has 0 aliphatic carbocycles. The number of hydrogen-bond acceptors (Lipinski definition) is 4. The van der Waals surface area contributed by atoms with Crippen molar-refractivity contribution in [2.24, 2.45) is 0 Å². The quantitative estimate of drug-likeness (QED) is 0.588. The number of aromatic nitrogens is 1. The van der Waals surface area contributed by atoms with E-state index in [-0.39, 0.29) is 6.04 Å². The van der Waals surface area contributed by atoms with Crippen molar-refractivity contribution in [2.45, 2.75) is 38.2 Å². The Morgan fingerprint density at radius 3 is 2.48 bits per heavy atom. The fourth-order valence-corrected chi connectivity index (χ4v) is 3.89. The largest absolute Gasteiger partial charge is 0.417 e. The number of pyridine rings is 1. The third-order valence-electron chi connectivity index (χ3n) is 5.35. The van der Waals surface area contributed by atoms with Crippen LogP contribution in [0.25, 0.3) is 0 Å². The average Bonchev–Trinajstić information content (AvgIpc) is 2.73. The van der Waals surface area contributed by atoms with Crippen LogP contribution in [0.2, 0.25) is 0 Å². The number of alkyl halides is 6. The molecule has 2 aromatic rings. The molecule has 166 valence electrons. The van der Waals surface area contributed by atoms with Crippen LogP contribution in [-0.2, 0) is 12.4 Å². The lowest BCUT2D eigenvalue weighted by Gasteiger charge is -2.41. The lowest BCUT2D eigenvalue weighted by Crippen LogP contribution is -2.48. The zero-order valence-corrected chi connectivity index (χ0v) is 16.6. The lowest BCUT2D eigenvalue weighted by molar-refractivity contribution is -0.138. The highest BCUT2D eigenvalue weighted by atomic mass is 19.4. The Morgan fingerprint density at radius 1 is 1.13 bits per heavy atom. The van der Waals surface area contributed by atoms with E-state index in [0.717, 1.165) is 24.4 Å². The van der Waals surface area contributed by atoms with Gasteiger partial charge in [0.15, 0.2) is 0 Å². The molecule has 0 saturated carbocycles. The number of piperidine rings is 1. The van der Waals surface area contributed by atoms with Gasteiger partial charge in [0.1, 0.15) is 0 Å². The molecule has 31 heavy (non-hydrogen) atoms. The van der Waals surface area contributed by atoms with Crippen LogP contribution in [0.5, 0.6) is 0 Å². The molecule has 0 N–H and O–H groups in total. The molecule has 2 heterocycles. The van der Waals surface area contributed by atoms with E-state index in [2.05, 4.69) is 4.98 Å². The van der Waals surface area contributed by atoms with Gasteiger partial charge in [0.25, 0.3) is 0 Å². The number of likely N-dealkylation sites (N-methyl/N-ethyl adjacent to an activating group) is 1. The topological polar surface area (TPSA) is 43.2 Å². The van der Waals surface area contributed by atoms with Crippen LogP contribution in [0.15, 0.2) is 36.7 Å². The van der Waals surface area contributed by atoms with Gasteiger partial charge in [-0.25, -0.2) is 0 Å². The molecular weight excluding hydrogens is 422 g/mol. The first-order valence-corrected chi connectivity index (χ1v) is 9.69. The van der Waals surface area contributed by atoms with Crippen LogP contribution in [0.1, 0.15) is 36.5 Å².